The van der Waals surface area contributed by atoms with Gasteiger partial charge in [-0.2, -0.15) is 0 Å². The number of anilines is 1. The predicted octanol–water partition coefficient (Wildman–Crippen LogP) is 2.82. The summed E-state index contributed by atoms with van der Waals surface area (Å²) < 4.78 is 3.10. The maximum atomic E-state index is 11.0. The number of carboxylic acids is 1. The van der Waals surface area contributed by atoms with Crippen LogP contribution in [-0.4, -0.2) is 16.6 Å². The van der Waals surface area contributed by atoms with Crippen LogP contribution in [0.15, 0.2) is 6.07 Å². The van der Waals surface area contributed by atoms with Crippen LogP contribution in [0.1, 0.15) is 18.9 Å². The minimum atomic E-state index is -1.20. The zero-order valence-electron chi connectivity index (χ0n) is 9.64. The third-order valence-corrected chi connectivity index (χ3v) is 5.77. The Morgan fingerprint density at radius 3 is 2.44 bits per heavy atom. The number of rotatable bonds is 4. The van der Waals surface area contributed by atoms with Gasteiger partial charge in [-0.05, 0) is 99.2 Å². The molecule has 0 saturated heterocycles. The van der Waals surface area contributed by atoms with Gasteiger partial charge >= 0.3 is 5.97 Å². The molecule has 1 unspecified atom stereocenters. The number of aliphatic carboxylic acids is 1. The highest BCUT2D eigenvalue weighted by Crippen LogP contribution is 2.31. The van der Waals surface area contributed by atoms with E-state index in [1.807, 2.05) is 6.07 Å². The average molecular weight is 586 g/mol. The van der Waals surface area contributed by atoms with E-state index in [0.717, 1.165) is 22.0 Å². The highest BCUT2D eigenvalue weighted by atomic mass is 127. The number of nitrogen functional groups attached to an aromatic ring is 1. The Labute approximate surface area is 147 Å². The zero-order chi connectivity index (χ0) is 14.1. The van der Waals surface area contributed by atoms with Crippen molar-refractivity contribution in [3.05, 3.63) is 22.3 Å². The SMILES string of the molecule is CC(N)(CCc1c(I)cc(I)c(N)c1I)C(=O)O. The number of carboxylic acid groups (broad SMARTS) is 1. The lowest BCUT2D eigenvalue weighted by atomic mass is 9.94. The molecule has 0 spiro atoms. The van der Waals surface area contributed by atoms with Crippen LogP contribution in [-0.2, 0) is 11.2 Å². The van der Waals surface area contributed by atoms with E-state index in [1.165, 1.54) is 6.92 Å². The zero-order valence-corrected chi connectivity index (χ0v) is 16.1. The first kappa shape index (κ1) is 16.7. The van der Waals surface area contributed by atoms with Crippen molar-refractivity contribution in [3.63, 3.8) is 0 Å². The summed E-state index contributed by atoms with van der Waals surface area (Å²) in [5.74, 6) is -0.981. The first-order chi connectivity index (χ1) is 8.16. The molecule has 0 saturated carbocycles. The summed E-state index contributed by atoms with van der Waals surface area (Å²) >= 11 is 6.64. The molecule has 7 heteroatoms. The molecule has 1 aromatic rings. The Bertz CT molecular complexity index is 490. The largest absolute Gasteiger partial charge is 0.480 e. The van der Waals surface area contributed by atoms with E-state index in [2.05, 4.69) is 67.8 Å². The van der Waals surface area contributed by atoms with Gasteiger partial charge in [0, 0.05) is 10.7 Å². The first-order valence-electron chi connectivity index (χ1n) is 5.11. The molecule has 0 bridgehead atoms. The highest BCUT2D eigenvalue weighted by Gasteiger charge is 2.28. The number of nitrogens with two attached hydrogens (primary N) is 2. The van der Waals surface area contributed by atoms with Gasteiger partial charge in [0.15, 0.2) is 0 Å². The molecular weight excluding hydrogens is 573 g/mol. The molecule has 4 nitrogen and oxygen atoms in total. The summed E-state index contributed by atoms with van der Waals surface area (Å²) in [4.78, 5) is 11.0. The highest BCUT2D eigenvalue weighted by molar-refractivity contribution is 14.1. The fourth-order valence-corrected chi connectivity index (χ4v) is 5.28. The molecule has 0 fully saturated rings. The van der Waals surface area contributed by atoms with Crippen LogP contribution in [0.4, 0.5) is 5.69 Å². The molecule has 0 radical (unpaired) electrons. The molecule has 0 aliphatic heterocycles. The quantitative estimate of drug-likeness (QED) is 0.375. The van der Waals surface area contributed by atoms with Crippen molar-refractivity contribution in [3.8, 4) is 0 Å². The lowest BCUT2D eigenvalue weighted by molar-refractivity contribution is -0.142. The van der Waals surface area contributed by atoms with E-state index in [1.54, 1.807) is 0 Å². The Morgan fingerprint density at radius 1 is 1.39 bits per heavy atom. The normalized spacial score (nSPS) is 14.3. The Morgan fingerprint density at radius 2 is 1.94 bits per heavy atom. The second-order valence-corrected chi connectivity index (χ2v) is 7.67. The van der Waals surface area contributed by atoms with E-state index in [-0.39, 0.29) is 0 Å². The molecule has 1 atom stereocenters. The molecule has 0 amide bonds. The van der Waals surface area contributed by atoms with Crippen LogP contribution in [0.5, 0.6) is 0 Å². The van der Waals surface area contributed by atoms with Crippen LogP contribution in [0.2, 0.25) is 0 Å². The number of hydrogen-bond acceptors (Lipinski definition) is 3. The second kappa shape index (κ2) is 6.39. The third kappa shape index (κ3) is 3.82. The molecular formula is C11H13I3N2O2. The van der Waals surface area contributed by atoms with Gasteiger partial charge in [0.2, 0.25) is 0 Å². The van der Waals surface area contributed by atoms with Crippen molar-refractivity contribution >= 4 is 79.4 Å². The number of benzene rings is 1. The van der Waals surface area contributed by atoms with E-state index in [0.29, 0.717) is 12.8 Å². The number of hydrogen-bond donors (Lipinski definition) is 3. The van der Waals surface area contributed by atoms with Crippen molar-refractivity contribution in [2.45, 2.75) is 25.3 Å². The Kier molecular flexibility index (Phi) is 5.93. The topological polar surface area (TPSA) is 89.3 Å². The standard InChI is InChI=1S/C11H13I3N2O2/c1-11(16,10(17)18)3-2-5-6(12)4-7(13)9(15)8(5)14/h4H,2-3,15-16H2,1H3,(H,17,18). The van der Waals surface area contributed by atoms with Gasteiger partial charge in [-0.15, -0.1) is 0 Å². The summed E-state index contributed by atoms with van der Waals surface area (Å²) in [5.41, 5.74) is 12.3. The van der Waals surface area contributed by atoms with Gasteiger partial charge in [0.1, 0.15) is 5.54 Å². The molecule has 1 aromatic carbocycles. The van der Waals surface area contributed by atoms with Gasteiger partial charge in [-0.25, -0.2) is 0 Å². The second-order valence-electron chi connectivity index (χ2n) is 4.27. The maximum absolute atomic E-state index is 11.0. The summed E-state index contributed by atoms with van der Waals surface area (Å²) in [7, 11) is 0. The predicted molar refractivity (Wildman–Crippen MR) is 97.6 cm³/mol. The molecule has 0 aliphatic rings. The number of halogens is 3. The van der Waals surface area contributed by atoms with Crippen LogP contribution in [0.3, 0.4) is 0 Å². The van der Waals surface area contributed by atoms with Gasteiger partial charge < -0.3 is 16.6 Å². The van der Waals surface area contributed by atoms with Crippen LogP contribution in [0.25, 0.3) is 0 Å². The van der Waals surface area contributed by atoms with E-state index in [4.69, 9.17) is 16.6 Å². The van der Waals surface area contributed by atoms with E-state index in [9.17, 15) is 4.79 Å². The van der Waals surface area contributed by atoms with Gasteiger partial charge in [-0.3, -0.25) is 4.79 Å². The Hall–Kier alpha value is 0.640. The summed E-state index contributed by atoms with van der Waals surface area (Å²) in [6.45, 7) is 1.53. The van der Waals surface area contributed by atoms with Crippen molar-refractivity contribution in [2.75, 3.05) is 5.73 Å². The van der Waals surface area contributed by atoms with Gasteiger partial charge in [0.05, 0.1) is 5.69 Å². The van der Waals surface area contributed by atoms with Crippen molar-refractivity contribution in [1.29, 1.82) is 0 Å². The lowest BCUT2D eigenvalue weighted by Crippen LogP contribution is -2.45. The molecule has 0 aromatic heterocycles. The minimum Gasteiger partial charge on any atom is -0.480 e. The van der Waals surface area contributed by atoms with E-state index >= 15 is 0 Å². The molecule has 0 heterocycles. The number of carbonyl (C=O) groups is 1. The maximum Gasteiger partial charge on any atom is 0.323 e. The van der Waals surface area contributed by atoms with Crippen LogP contribution >= 0.6 is 67.8 Å². The minimum absolute atomic E-state index is 0.383. The Balaban J connectivity index is 3.00. The molecule has 5 N–H and O–H groups in total. The fourth-order valence-electron chi connectivity index (χ4n) is 1.37. The fraction of sp³-hybridized carbons (Fsp3) is 0.364. The summed E-state index contributed by atoms with van der Waals surface area (Å²) in [6.07, 6.45) is 0.991. The summed E-state index contributed by atoms with van der Waals surface area (Å²) in [6, 6.07) is 2.00. The van der Waals surface area contributed by atoms with Crippen molar-refractivity contribution < 1.29 is 9.90 Å². The molecule has 1 rings (SSSR count). The van der Waals surface area contributed by atoms with Crippen LogP contribution < -0.4 is 11.5 Å². The smallest absolute Gasteiger partial charge is 0.323 e. The summed E-state index contributed by atoms with van der Waals surface area (Å²) in [5, 5.41) is 9.00. The first-order valence-corrected chi connectivity index (χ1v) is 8.34. The average Bonchev–Trinajstić information content (AvgIpc) is 2.25. The van der Waals surface area contributed by atoms with Crippen LogP contribution in [0, 0.1) is 10.7 Å². The molecule has 100 valence electrons. The monoisotopic (exact) mass is 586 g/mol. The molecule has 0 aliphatic carbocycles. The lowest BCUT2D eigenvalue weighted by Gasteiger charge is -2.20. The van der Waals surface area contributed by atoms with Crippen molar-refractivity contribution in [2.24, 2.45) is 5.73 Å². The van der Waals surface area contributed by atoms with Gasteiger partial charge in [0.25, 0.3) is 0 Å². The van der Waals surface area contributed by atoms with Gasteiger partial charge in [-0.1, -0.05) is 0 Å². The third-order valence-electron chi connectivity index (χ3n) is 2.68. The molecule has 18 heavy (non-hydrogen) atoms. The van der Waals surface area contributed by atoms with Crippen molar-refractivity contribution in [1.82, 2.24) is 0 Å². The van der Waals surface area contributed by atoms with E-state index < -0.39 is 11.5 Å².